The van der Waals surface area contributed by atoms with Crippen molar-refractivity contribution in [3.63, 3.8) is 0 Å². The van der Waals surface area contributed by atoms with Crippen LogP contribution in [0, 0.1) is 0 Å². The molecule has 1 aromatic carbocycles. The third-order valence-electron chi connectivity index (χ3n) is 5.06. The minimum atomic E-state index is -0.362. The van der Waals surface area contributed by atoms with Gasteiger partial charge in [-0.3, -0.25) is 4.90 Å². The normalized spacial score (nSPS) is 21.5. The lowest BCUT2D eigenvalue weighted by Gasteiger charge is -2.39. The third-order valence-corrected chi connectivity index (χ3v) is 5.06. The summed E-state index contributed by atoms with van der Waals surface area (Å²) in [6, 6.07) is 7.67. The number of likely N-dealkylation sites (tertiary alicyclic amines) is 1. The summed E-state index contributed by atoms with van der Waals surface area (Å²) in [6.07, 6.45) is 1.74. The summed E-state index contributed by atoms with van der Waals surface area (Å²) in [5.74, 6) is 1.60. The average molecular weight is 345 g/mol. The van der Waals surface area contributed by atoms with Crippen LogP contribution in [0.4, 0.5) is 0 Å². The van der Waals surface area contributed by atoms with Gasteiger partial charge in [0, 0.05) is 31.5 Å². The van der Waals surface area contributed by atoms with Crippen molar-refractivity contribution >= 4 is 0 Å². The maximum atomic E-state index is 5.91. The Kier molecular flexibility index (Phi) is 4.45. The number of methoxy groups -OCH3 is 1. The van der Waals surface area contributed by atoms with E-state index in [1.807, 2.05) is 24.3 Å². The van der Waals surface area contributed by atoms with Gasteiger partial charge in [0.2, 0.25) is 11.8 Å². The Balaban J connectivity index is 1.42. The standard InChI is InChI=1S/C18H23N3O4/c1-13(21-9-7-18(8-10-21)23-11-12-24-18)16-19-20-17(25-16)14-3-5-15(22-2)6-4-14/h3-6,13H,7-12H2,1-2H3/t13-/m1/s1. The van der Waals surface area contributed by atoms with Gasteiger partial charge in [-0.05, 0) is 31.2 Å². The van der Waals surface area contributed by atoms with E-state index in [0.29, 0.717) is 25.0 Å². The summed E-state index contributed by atoms with van der Waals surface area (Å²) in [4.78, 5) is 2.33. The fraction of sp³-hybridized carbons (Fsp3) is 0.556. The van der Waals surface area contributed by atoms with Crippen LogP contribution >= 0.6 is 0 Å². The summed E-state index contributed by atoms with van der Waals surface area (Å²) in [5.41, 5.74) is 0.886. The maximum absolute atomic E-state index is 5.91. The highest BCUT2D eigenvalue weighted by Gasteiger charge is 2.41. The lowest BCUT2D eigenvalue weighted by atomic mass is 10.0. The van der Waals surface area contributed by atoms with E-state index < -0.39 is 0 Å². The topological polar surface area (TPSA) is 69.9 Å². The monoisotopic (exact) mass is 345 g/mol. The van der Waals surface area contributed by atoms with Crippen molar-refractivity contribution in [2.45, 2.75) is 31.6 Å². The number of nitrogens with zero attached hydrogens (tertiary/aromatic N) is 3. The molecular formula is C18H23N3O4. The molecule has 0 saturated carbocycles. The van der Waals surface area contributed by atoms with Gasteiger partial charge in [-0.1, -0.05) is 0 Å². The molecular weight excluding hydrogens is 322 g/mol. The molecule has 7 nitrogen and oxygen atoms in total. The largest absolute Gasteiger partial charge is 0.497 e. The molecule has 0 unspecified atom stereocenters. The lowest BCUT2D eigenvalue weighted by Crippen LogP contribution is -2.45. The molecule has 1 spiro atoms. The fourth-order valence-corrected chi connectivity index (χ4v) is 3.45. The van der Waals surface area contributed by atoms with Gasteiger partial charge >= 0.3 is 0 Å². The number of hydrogen-bond donors (Lipinski definition) is 0. The number of aromatic nitrogens is 2. The first kappa shape index (κ1) is 16.5. The van der Waals surface area contributed by atoms with Crippen LogP contribution in [0.15, 0.2) is 28.7 Å². The molecule has 4 rings (SSSR count). The van der Waals surface area contributed by atoms with Gasteiger partial charge < -0.3 is 18.6 Å². The zero-order chi connectivity index (χ0) is 17.3. The van der Waals surface area contributed by atoms with Crippen molar-refractivity contribution in [2.75, 3.05) is 33.4 Å². The van der Waals surface area contributed by atoms with E-state index in [0.717, 1.165) is 37.2 Å². The molecule has 2 aromatic rings. The van der Waals surface area contributed by atoms with Gasteiger partial charge in [-0.15, -0.1) is 10.2 Å². The molecule has 2 saturated heterocycles. The van der Waals surface area contributed by atoms with Gasteiger partial charge in [-0.25, -0.2) is 0 Å². The molecule has 2 aliphatic rings. The highest BCUT2D eigenvalue weighted by atomic mass is 16.7. The van der Waals surface area contributed by atoms with Crippen molar-refractivity contribution in [2.24, 2.45) is 0 Å². The Bertz CT molecular complexity index is 699. The minimum Gasteiger partial charge on any atom is -0.497 e. The van der Waals surface area contributed by atoms with Crippen LogP contribution < -0.4 is 4.74 Å². The number of benzene rings is 1. The number of ether oxygens (including phenoxy) is 3. The second-order valence-corrected chi connectivity index (χ2v) is 6.49. The predicted molar refractivity (Wildman–Crippen MR) is 90.1 cm³/mol. The first-order valence-electron chi connectivity index (χ1n) is 8.69. The first-order chi connectivity index (χ1) is 12.2. The molecule has 134 valence electrons. The highest BCUT2D eigenvalue weighted by Crippen LogP contribution is 2.34. The molecule has 0 N–H and O–H groups in total. The summed E-state index contributed by atoms with van der Waals surface area (Å²) in [7, 11) is 1.64. The summed E-state index contributed by atoms with van der Waals surface area (Å²) >= 11 is 0. The molecule has 1 atom stereocenters. The molecule has 0 bridgehead atoms. The molecule has 7 heteroatoms. The Hall–Kier alpha value is -1.96. The van der Waals surface area contributed by atoms with E-state index >= 15 is 0 Å². The van der Waals surface area contributed by atoms with Crippen LogP contribution in [0.25, 0.3) is 11.5 Å². The first-order valence-corrected chi connectivity index (χ1v) is 8.69. The molecule has 2 fully saturated rings. The zero-order valence-electron chi connectivity index (χ0n) is 14.6. The van der Waals surface area contributed by atoms with Gasteiger partial charge in [0.05, 0.1) is 26.4 Å². The van der Waals surface area contributed by atoms with Crippen molar-refractivity contribution in [1.29, 1.82) is 0 Å². The minimum absolute atomic E-state index is 0.0678. The third kappa shape index (κ3) is 3.27. The summed E-state index contributed by atoms with van der Waals surface area (Å²) in [5, 5.41) is 8.44. The van der Waals surface area contributed by atoms with Gasteiger partial charge in [0.25, 0.3) is 0 Å². The zero-order valence-corrected chi connectivity index (χ0v) is 14.6. The van der Waals surface area contributed by atoms with E-state index in [9.17, 15) is 0 Å². The molecule has 0 aliphatic carbocycles. The second kappa shape index (κ2) is 6.74. The van der Waals surface area contributed by atoms with Crippen LogP contribution in [-0.4, -0.2) is 54.3 Å². The number of hydrogen-bond acceptors (Lipinski definition) is 7. The van der Waals surface area contributed by atoms with E-state index in [1.54, 1.807) is 7.11 Å². The van der Waals surface area contributed by atoms with Crippen LogP contribution in [-0.2, 0) is 9.47 Å². The Labute approximate surface area is 146 Å². The molecule has 25 heavy (non-hydrogen) atoms. The quantitative estimate of drug-likeness (QED) is 0.843. The van der Waals surface area contributed by atoms with Crippen molar-refractivity contribution in [1.82, 2.24) is 15.1 Å². The van der Waals surface area contributed by atoms with Crippen LogP contribution in [0.1, 0.15) is 31.7 Å². The molecule has 0 amide bonds. The summed E-state index contributed by atoms with van der Waals surface area (Å²) in [6.45, 7) is 5.28. The SMILES string of the molecule is COc1ccc(-c2nnc([C@@H](C)N3CCC4(CC3)OCCO4)o2)cc1. The number of rotatable bonds is 4. The average Bonchev–Trinajstić information content (AvgIpc) is 3.32. The van der Waals surface area contributed by atoms with Crippen LogP contribution in [0.5, 0.6) is 5.75 Å². The maximum Gasteiger partial charge on any atom is 0.247 e. The molecule has 2 aliphatic heterocycles. The Morgan fingerprint density at radius 1 is 1.08 bits per heavy atom. The predicted octanol–water partition coefficient (Wildman–Crippen LogP) is 2.65. The lowest BCUT2D eigenvalue weighted by molar-refractivity contribution is -0.188. The van der Waals surface area contributed by atoms with Gasteiger partial charge in [0.15, 0.2) is 5.79 Å². The molecule has 1 aromatic heterocycles. The Morgan fingerprint density at radius 2 is 1.76 bits per heavy atom. The second-order valence-electron chi connectivity index (χ2n) is 6.49. The highest BCUT2D eigenvalue weighted by molar-refractivity contribution is 5.53. The van der Waals surface area contributed by atoms with Crippen LogP contribution in [0.2, 0.25) is 0 Å². The fourth-order valence-electron chi connectivity index (χ4n) is 3.45. The van der Waals surface area contributed by atoms with Crippen molar-refractivity contribution in [3.05, 3.63) is 30.2 Å². The molecule has 3 heterocycles. The molecule has 0 radical (unpaired) electrons. The van der Waals surface area contributed by atoms with Crippen LogP contribution in [0.3, 0.4) is 0 Å². The van der Waals surface area contributed by atoms with E-state index in [-0.39, 0.29) is 11.8 Å². The van der Waals surface area contributed by atoms with E-state index in [1.165, 1.54) is 0 Å². The van der Waals surface area contributed by atoms with E-state index in [2.05, 4.69) is 22.0 Å². The number of piperidine rings is 1. The van der Waals surface area contributed by atoms with Gasteiger partial charge in [0.1, 0.15) is 5.75 Å². The van der Waals surface area contributed by atoms with Gasteiger partial charge in [-0.2, -0.15) is 0 Å². The van der Waals surface area contributed by atoms with Crippen molar-refractivity contribution < 1.29 is 18.6 Å². The van der Waals surface area contributed by atoms with Crippen molar-refractivity contribution in [3.8, 4) is 17.2 Å². The Morgan fingerprint density at radius 3 is 2.40 bits per heavy atom. The van der Waals surface area contributed by atoms with E-state index in [4.69, 9.17) is 18.6 Å². The smallest absolute Gasteiger partial charge is 0.247 e. The summed E-state index contributed by atoms with van der Waals surface area (Å²) < 4.78 is 22.7.